The number of nitrogens with zero attached hydrogens (tertiary/aromatic N) is 2. The number of nitrogens with one attached hydrogen (secondary N) is 1. The SMILES string of the molecule is Cc1c(C(=O)N[C@@H](C(=O)O)c2ccccc2)cnn1CCC(C)C. The molecule has 1 heterocycles. The minimum atomic E-state index is -1.10. The lowest BCUT2D eigenvalue weighted by Crippen LogP contribution is -2.34. The molecule has 0 spiro atoms. The number of carboxylic acids is 1. The predicted octanol–water partition coefficient (Wildman–Crippen LogP) is 2.79. The van der Waals surface area contributed by atoms with Gasteiger partial charge in [0.1, 0.15) is 0 Å². The minimum Gasteiger partial charge on any atom is -0.479 e. The fourth-order valence-corrected chi connectivity index (χ4v) is 2.42. The van der Waals surface area contributed by atoms with Crippen molar-refractivity contribution >= 4 is 11.9 Å². The Hall–Kier alpha value is -2.63. The molecule has 2 aromatic rings. The van der Waals surface area contributed by atoms with Gasteiger partial charge in [0.15, 0.2) is 6.04 Å². The van der Waals surface area contributed by atoms with Crippen molar-refractivity contribution in [3.8, 4) is 0 Å². The second-order valence-electron chi connectivity index (χ2n) is 6.20. The molecule has 1 atom stereocenters. The predicted molar refractivity (Wildman–Crippen MR) is 90.7 cm³/mol. The molecule has 2 rings (SSSR count). The van der Waals surface area contributed by atoms with E-state index in [0.717, 1.165) is 18.7 Å². The van der Waals surface area contributed by atoms with Crippen LogP contribution in [0.1, 0.15) is 47.9 Å². The Morgan fingerprint density at radius 1 is 1.25 bits per heavy atom. The average Bonchev–Trinajstić information content (AvgIpc) is 2.92. The van der Waals surface area contributed by atoms with Gasteiger partial charge in [-0.3, -0.25) is 9.48 Å². The number of aromatic nitrogens is 2. The van der Waals surface area contributed by atoms with Crippen LogP contribution in [0.3, 0.4) is 0 Å². The first-order valence-corrected chi connectivity index (χ1v) is 8.01. The first-order chi connectivity index (χ1) is 11.4. The van der Waals surface area contributed by atoms with Gasteiger partial charge in [-0.1, -0.05) is 44.2 Å². The summed E-state index contributed by atoms with van der Waals surface area (Å²) in [5.74, 6) is -0.987. The van der Waals surface area contributed by atoms with Crippen LogP contribution < -0.4 is 5.32 Å². The molecule has 128 valence electrons. The zero-order chi connectivity index (χ0) is 17.7. The van der Waals surface area contributed by atoms with Gasteiger partial charge >= 0.3 is 5.97 Å². The highest BCUT2D eigenvalue weighted by molar-refractivity contribution is 5.97. The number of carbonyl (C=O) groups is 2. The van der Waals surface area contributed by atoms with E-state index in [9.17, 15) is 14.7 Å². The van der Waals surface area contributed by atoms with Crippen LogP contribution in [0.2, 0.25) is 0 Å². The molecule has 0 saturated heterocycles. The van der Waals surface area contributed by atoms with Crippen LogP contribution in [-0.2, 0) is 11.3 Å². The lowest BCUT2D eigenvalue weighted by molar-refractivity contribution is -0.139. The molecular weight excluding hydrogens is 306 g/mol. The van der Waals surface area contributed by atoms with Crippen molar-refractivity contribution in [1.82, 2.24) is 15.1 Å². The van der Waals surface area contributed by atoms with Crippen LogP contribution in [0.25, 0.3) is 0 Å². The normalized spacial score (nSPS) is 12.2. The van der Waals surface area contributed by atoms with E-state index >= 15 is 0 Å². The fourth-order valence-electron chi connectivity index (χ4n) is 2.42. The fraction of sp³-hybridized carbons (Fsp3) is 0.389. The summed E-state index contributed by atoms with van der Waals surface area (Å²) in [4.78, 5) is 24.0. The summed E-state index contributed by atoms with van der Waals surface area (Å²) in [7, 11) is 0. The van der Waals surface area contributed by atoms with Gasteiger partial charge in [-0.25, -0.2) is 4.79 Å². The average molecular weight is 329 g/mol. The standard InChI is InChI=1S/C18H23N3O3/c1-12(2)9-10-21-13(3)15(11-19-21)17(22)20-16(18(23)24)14-7-5-4-6-8-14/h4-8,11-12,16H,9-10H2,1-3H3,(H,20,22)(H,23,24)/t16-/m1/s1. The smallest absolute Gasteiger partial charge is 0.330 e. The summed E-state index contributed by atoms with van der Waals surface area (Å²) in [5.41, 5.74) is 1.68. The largest absolute Gasteiger partial charge is 0.479 e. The Morgan fingerprint density at radius 2 is 1.92 bits per heavy atom. The first kappa shape index (κ1) is 17.7. The van der Waals surface area contributed by atoms with Crippen LogP contribution in [-0.4, -0.2) is 26.8 Å². The van der Waals surface area contributed by atoms with Crippen LogP contribution >= 0.6 is 0 Å². The highest BCUT2D eigenvalue weighted by Crippen LogP contribution is 2.16. The summed E-state index contributed by atoms with van der Waals surface area (Å²) in [6, 6.07) is 7.56. The number of benzene rings is 1. The van der Waals surface area contributed by atoms with Crippen LogP contribution in [0.15, 0.2) is 36.5 Å². The third-order valence-corrected chi connectivity index (χ3v) is 3.92. The summed E-state index contributed by atoms with van der Waals surface area (Å²) in [6.07, 6.45) is 2.46. The lowest BCUT2D eigenvalue weighted by atomic mass is 10.1. The van der Waals surface area contributed by atoms with Crippen molar-refractivity contribution in [2.75, 3.05) is 0 Å². The third kappa shape index (κ3) is 4.22. The summed E-state index contributed by atoms with van der Waals surface area (Å²) >= 11 is 0. The summed E-state index contributed by atoms with van der Waals surface area (Å²) in [6.45, 7) is 6.81. The van der Waals surface area contributed by atoms with Crippen LogP contribution in [0.4, 0.5) is 0 Å². The molecule has 1 amide bonds. The molecule has 24 heavy (non-hydrogen) atoms. The van der Waals surface area contributed by atoms with E-state index in [4.69, 9.17) is 0 Å². The molecule has 0 radical (unpaired) electrons. The lowest BCUT2D eigenvalue weighted by Gasteiger charge is -2.15. The zero-order valence-electron chi connectivity index (χ0n) is 14.2. The minimum absolute atomic E-state index is 0.404. The molecule has 0 saturated carbocycles. The maximum atomic E-state index is 12.5. The molecule has 1 aromatic carbocycles. The molecule has 2 N–H and O–H groups in total. The first-order valence-electron chi connectivity index (χ1n) is 8.01. The highest BCUT2D eigenvalue weighted by atomic mass is 16.4. The van der Waals surface area contributed by atoms with E-state index in [1.54, 1.807) is 35.0 Å². The third-order valence-electron chi connectivity index (χ3n) is 3.92. The number of amides is 1. The number of aryl methyl sites for hydroxylation is 1. The number of hydrogen-bond acceptors (Lipinski definition) is 3. The van der Waals surface area contributed by atoms with Gasteiger partial charge in [0, 0.05) is 12.2 Å². The molecule has 0 unspecified atom stereocenters. The van der Waals surface area contributed by atoms with Crippen molar-refractivity contribution < 1.29 is 14.7 Å². The molecule has 0 aliphatic rings. The second kappa shape index (κ2) is 7.77. The van der Waals surface area contributed by atoms with Crippen molar-refractivity contribution in [2.45, 2.75) is 39.8 Å². The van der Waals surface area contributed by atoms with Crippen molar-refractivity contribution in [3.63, 3.8) is 0 Å². The van der Waals surface area contributed by atoms with Gasteiger partial charge in [-0.15, -0.1) is 0 Å². The topological polar surface area (TPSA) is 84.2 Å². The van der Waals surface area contributed by atoms with Gasteiger partial charge < -0.3 is 10.4 Å². The quantitative estimate of drug-likeness (QED) is 0.818. The number of hydrogen-bond donors (Lipinski definition) is 2. The Bertz CT molecular complexity index is 708. The zero-order valence-corrected chi connectivity index (χ0v) is 14.2. The van der Waals surface area contributed by atoms with Crippen molar-refractivity contribution in [3.05, 3.63) is 53.3 Å². The Labute approximate surface area is 141 Å². The van der Waals surface area contributed by atoms with Crippen LogP contribution in [0.5, 0.6) is 0 Å². The van der Waals surface area contributed by atoms with Crippen molar-refractivity contribution in [2.24, 2.45) is 5.92 Å². The van der Waals surface area contributed by atoms with Crippen molar-refractivity contribution in [1.29, 1.82) is 0 Å². The number of aliphatic carboxylic acids is 1. The molecule has 0 bridgehead atoms. The van der Waals surface area contributed by atoms with E-state index in [-0.39, 0.29) is 0 Å². The molecule has 0 aliphatic carbocycles. The van der Waals surface area contributed by atoms with Gasteiger partial charge in [-0.05, 0) is 24.8 Å². The monoisotopic (exact) mass is 329 g/mol. The summed E-state index contributed by atoms with van der Waals surface area (Å²) in [5, 5.41) is 16.2. The molecule has 6 heteroatoms. The molecule has 6 nitrogen and oxygen atoms in total. The molecule has 0 fully saturated rings. The maximum Gasteiger partial charge on any atom is 0.330 e. The second-order valence-corrected chi connectivity index (χ2v) is 6.20. The summed E-state index contributed by atoms with van der Waals surface area (Å²) < 4.78 is 1.78. The number of rotatable bonds is 7. The van der Waals surface area contributed by atoms with E-state index in [0.29, 0.717) is 17.0 Å². The number of carboxylic acid groups (broad SMARTS) is 1. The van der Waals surface area contributed by atoms with E-state index < -0.39 is 17.9 Å². The van der Waals surface area contributed by atoms with E-state index in [2.05, 4.69) is 24.3 Å². The maximum absolute atomic E-state index is 12.5. The van der Waals surface area contributed by atoms with E-state index in [1.165, 1.54) is 6.20 Å². The highest BCUT2D eigenvalue weighted by Gasteiger charge is 2.24. The molecule has 0 aliphatic heterocycles. The van der Waals surface area contributed by atoms with Gasteiger partial charge in [0.25, 0.3) is 5.91 Å². The Morgan fingerprint density at radius 3 is 2.50 bits per heavy atom. The van der Waals surface area contributed by atoms with Crippen LogP contribution in [0, 0.1) is 12.8 Å². The van der Waals surface area contributed by atoms with Gasteiger partial charge in [-0.2, -0.15) is 5.10 Å². The molecular formula is C18H23N3O3. The van der Waals surface area contributed by atoms with E-state index in [1.807, 2.05) is 6.92 Å². The van der Waals surface area contributed by atoms with Gasteiger partial charge in [0.05, 0.1) is 11.8 Å². The van der Waals surface area contributed by atoms with Gasteiger partial charge in [0.2, 0.25) is 0 Å². The Balaban J connectivity index is 2.15. The Kier molecular flexibility index (Phi) is 5.73. The molecule has 1 aromatic heterocycles. The number of carbonyl (C=O) groups excluding carboxylic acids is 1.